The number of aromatic nitrogens is 3. The Kier molecular flexibility index (Phi) is 5.65. The van der Waals surface area contributed by atoms with Gasteiger partial charge in [0.25, 0.3) is 0 Å². The van der Waals surface area contributed by atoms with E-state index in [2.05, 4.69) is 20.3 Å². The number of anilines is 1. The lowest BCUT2D eigenvalue weighted by atomic mass is 10.1. The topological polar surface area (TPSA) is 50.7 Å². The Labute approximate surface area is 165 Å². The molecule has 0 saturated carbocycles. The van der Waals surface area contributed by atoms with Crippen LogP contribution in [-0.2, 0) is 0 Å². The van der Waals surface area contributed by atoms with E-state index in [0.717, 1.165) is 13.0 Å². The first kappa shape index (κ1) is 20.8. The van der Waals surface area contributed by atoms with Crippen molar-refractivity contribution in [2.24, 2.45) is 0 Å². The van der Waals surface area contributed by atoms with Gasteiger partial charge in [0.05, 0.1) is 5.56 Å². The van der Waals surface area contributed by atoms with E-state index in [1.807, 2.05) is 0 Å². The molecular weight excluding hydrogens is 422 g/mol. The number of nitrogens with zero attached hydrogens (tertiary/aromatic N) is 3. The van der Waals surface area contributed by atoms with Crippen molar-refractivity contribution in [1.82, 2.24) is 15.0 Å². The number of rotatable bonds is 4. The highest BCUT2D eigenvalue weighted by molar-refractivity contribution is 6.32. The summed E-state index contributed by atoms with van der Waals surface area (Å²) in [6.45, 7) is 0.807. The van der Waals surface area contributed by atoms with Crippen molar-refractivity contribution in [2.75, 3.05) is 5.32 Å². The van der Waals surface area contributed by atoms with Crippen LogP contribution >= 0.6 is 11.6 Å². The monoisotopic (exact) mass is 432 g/mol. The lowest BCUT2D eigenvalue weighted by Gasteiger charge is -2.21. The molecule has 0 aliphatic rings. The smallest absolute Gasteiger partial charge is 0.358 e. The SMILES string of the molecule is C[C@@H](Nc1nc(-c2ccccn2)nc(Cl)c1-c1ccc(F)c(F)c1F)C(F)(F)F. The highest BCUT2D eigenvalue weighted by Gasteiger charge is 2.37. The zero-order valence-electron chi connectivity index (χ0n) is 14.5. The average molecular weight is 433 g/mol. The van der Waals surface area contributed by atoms with E-state index >= 15 is 0 Å². The maximum Gasteiger partial charge on any atom is 0.408 e. The van der Waals surface area contributed by atoms with E-state index < -0.39 is 51.8 Å². The minimum atomic E-state index is -4.67. The van der Waals surface area contributed by atoms with Crippen LogP contribution in [0, 0.1) is 17.5 Å². The number of hydrogen-bond donors (Lipinski definition) is 1. The average Bonchev–Trinajstić information content (AvgIpc) is 2.67. The molecule has 0 amide bonds. The normalized spacial score (nSPS) is 12.7. The summed E-state index contributed by atoms with van der Waals surface area (Å²) in [6.07, 6.45) is -3.27. The molecule has 0 aliphatic carbocycles. The third-order valence-corrected chi connectivity index (χ3v) is 4.18. The predicted molar refractivity (Wildman–Crippen MR) is 94.7 cm³/mol. The number of nitrogens with one attached hydrogen (secondary N) is 1. The molecule has 0 bridgehead atoms. The molecule has 3 aromatic rings. The Hall–Kier alpha value is -2.88. The molecule has 0 saturated heterocycles. The van der Waals surface area contributed by atoms with Gasteiger partial charge in [-0.2, -0.15) is 13.2 Å². The van der Waals surface area contributed by atoms with Gasteiger partial charge >= 0.3 is 6.18 Å². The van der Waals surface area contributed by atoms with Crippen LogP contribution in [0.3, 0.4) is 0 Å². The van der Waals surface area contributed by atoms with Crippen LogP contribution in [0.15, 0.2) is 36.5 Å². The van der Waals surface area contributed by atoms with Gasteiger partial charge in [0, 0.05) is 11.8 Å². The molecule has 152 valence electrons. The quantitative estimate of drug-likeness (QED) is 0.329. The minimum absolute atomic E-state index is 0.140. The van der Waals surface area contributed by atoms with E-state index in [-0.39, 0.29) is 11.5 Å². The van der Waals surface area contributed by atoms with E-state index in [9.17, 15) is 26.3 Å². The van der Waals surface area contributed by atoms with Crippen LogP contribution in [0.25, 0.3) is 22.6 Å². The lowest BCUT2D eigenvalue weighted by Crippen LogP contribution is -2.33. The van der Waals surface area contributed by atoms with Crippen molar-refractivity contribution >= 4 is 17.4 Å². The molecule has 0 unspecified atom stereocenters. The van der Waals surface area contributed by atoms with Gasteiger partial charge in [-0.15, -0.1) is 0 Å². The van der Waals surface area contributed by atoms with Gasteiger partial charge in [0.2, 0.25) is 0 Å². The molecule has 11 heteroatoms. The van der Waals surface area contributed by atoms with Crippen molar-refractivity contribution in [3.8, 4) is 22.6 Å². The Balaban J connectivity index is 2.23. The molecule has 0 spiro atoms. The minimum Gasteiger partial charge on any atom is -0.358 e. The lowest BCUT2D eigenvalue weighted by molar-refractivity contribution is -0.138. The summed E-state index contributed by atoms with van der Waals surface area (Å²) in [6, 6.07) is 4.02. The molecule has 29 heavy (non-hydrogen) atoms. The Morgan fingerprint density at radius 3 is 2.34 bits per heavy atom. The summed E-state index contributed by atoms with van der Waals surface area (Å²) in [5, 5.41) is 1.62. The fourth-order valence-corrected chi connectivity index (χ4v) is 2.66. The second-order valence-corrected chi connectivity index (χ2v) is 6.27. The molecule has 0 radical (unpaired) electrons. The molecule has 1 atom stereocenters. The fraction of sp³-hybridized carbons (Fsp3) is 0.167. The number of hydrogen-bond acceptors (Lipinski definition) is 4. The number of benzene rings is 1. The van der Waals surface area contributed by atoms with E-state index in [1.165, 1.54) is 12.3 Å². The van der Waals surface area contributed by atoms with Crippen molar-refractivity contribution in [2.45, 2.75) is 19.1 Å². The zero-order chi connectivity index (χ0) is 21.3. The first-order valence-corrected chi connectivity index (χ1v) is 8.43. The van der Waals surface area contributed by atoms with Crippen molar-refractivity contribution in [3.63, 3.8) is 0 Å². The predicted octanol–water partition coefficient (Wildman–Crippen LogP) is 5.64. The molecule has 0 aliphatic heterocycles. The zero-order valence-corrected chi connectivity index (χ0v) is 15.3. The third kappa shape index (κ3) is 4.26. The van der Waals surface area contributed by atoms with E-state index in [0.29, 0.717) is 6.07 Å². The molecule has 2 heterocycles. The summed E-state index contributed by atoms with van der Waals surface area (Å²) in [7, 11) is 0. The highest BCUT2D eigenvalue weighted by atomic mass is 35.5. The molecule has 2 aromatic heterocycles. The van der Waals surface area contributed by atoms with Gasteiger partial charge in [-0.1, -0.05) is 17.7 Å². The summed E-state index contributed by atoms with van der Waals surface area (Å²) < 4.78 is 80.4. The number of halogens is 7. The maximum atomic E-state index is 14.3. The van der Waals surface area contributed by atoms with Gasteiger partial charge in [-0.25, -0.2) is 23.1 Å². The second-order valence-electron chi connectivity index (χ2n) is 5.91. The third-order valence-electron chi connectivity index (χ3n) is 3.91. The van der Waals surface area contributed by atoms with Crippen LogP contribution in [0.2, 0.25) is 5.15 Å². The first-order valence-electron chi connectivity index (χ1n) is 8.05. The van der Waals surface area contributed by atoms with Crippen molar-refractivity contribution in [1.29, 1.82) is 0 Å². The largest absolute Gasteiger partial charge is 0.408 e. The molecule has 0 fully saturated rings. The van der Waals surface area contributed by atoms with Crippen LogP contribution in [0.1, 0.15) is 6.92 Å². The molecule has 1 aromatic carbocycles. The van der Waals surface area contributed by atoms with E-state index in [4.69, 9.17) is 11.6 Å². The molecule has 3 rings (SSSR count). The van der Waals surface area contributed by atoms with Gasteiger partial charge in [-0.3, -0.25) is 4.98 Å². The van der Waals surface area contributed by atoms with Crippen LogP contribution in [0.5, 0.6) is 0 Å². The van der Waals surface area contributed by atoms with Gasteiger partial charge < -0.3 is 5.32 Å². The first-order chi connectivity index (χ1) is 13.6. The van der Waals surface area contributed by atoms with Crippen molar-refractivity contribution < 1.29 is 26.3 Å². The van der Waals surface area contributed by atoms with Crippen LogP contribution in [0.4, 0.5) is 32.2 Å². The number of alkyl halides is 3. The van der Waals surface area contributed by atoms with Crippen LogP contribution in [-0.4, -0.2) is 27.2 Å². The fourth-order valence-electron chi connectivity index (χ4n) is 2.39. The molecule has 4 nitrogen and oxygen atoms in total. The Bertz CT molecular complexity index is 1040. The van der Waals surface area contributed by atoms with E-state index in [1.54, 1.807) is 12.1 Å². The van der Waals surface area contributed by atoms with Crippen molar-refractivity contribution in [3.05, 3.63) is 59.1 Å². The maximum absolute atomic E-state index is 14.3. The highest BCUT2D eigenvalue weighted by Crippen LogP contribution is 2.38. The summed E-state index contributed by atoms with van der Waals surface area (Å²) in [4.78, 5) is 11.9. The summed E-state index contributed by atoms with van der Waals surface area (Å²) in [5.74, 6) is -5.56. The number of pyridine rings is 1. The summed E-state index contributed by atoms with van der Waals surface area (Å²) in [5.41, 5.74) is -0.855. The summed E-state index contributed by atoms with van der Waals surface area (Å²) >= 11 is 6.10. The molecular formula is C18H11ClF6N4. The van der Waals surface area contributed by atoms with Crippen LogP contribution < -0.4 is 5.32 Å². The standard InChI is InChI=1S/C18H11ClF6N4/c1-8(18(23,24)25)27-17-12(9-5-6-10(20)14(22)13(9)21)15(19)28-16(29-17)11-4-2-3-7-26-11/h2-8H,1H3,(H,27,28,29)/t8-/m1/s1. The second kappa shape index (κ2) is 7.86. The van der Waals surface area contributed by atoms with Gasteiger partial charge in [0.1, 0.15) is 22.7 Å². The Morgan fingerprint density at radius 1 is 1.00 bits per heavy atom. The van der Waals surface area contributed by atoms with Gasteiger partial charge in [-0.05, 0) is 31.2 Å². The molecule has 1 N–H and O–H groups in total. The Morgan fingerprint density at radius 2 is 1.72 bits per heavy atom. The van der Waals surface area contributed by atoms with Gasteiger partial charge in [0.15, 0.2) is 23.3 Å².